The van der Waals surface area contributed by atoms with Crippen molar-refractivity contribution in [2.24, 2.45) is 11.3 Å². The van der Waals surface area contributed by atoms with E-state index in [9.17, 15) is 18.3 Å². The average molecular weight is 628 g/mol. The largest absolute Gasteiger partial charge is 0.394 e. The molecule has 3 fully saturated rings. The maximum absolute atomic E-state index is 13.7. The second-order valence-electron chi connectivity index (χ2n) is 13.1. The molecule has 1 saturated carbocycles. The van der Waals surface area contributed by atoms with Crippen LogP contribution in [0, 0.1) is 11.3 Å². The van der Waals surface area contributed by atoms with E-state index in [1.807, 2.05) is 49.1 Å². The van der Waals surface area contributed by atoms with E-state index in [2.05, 4.69) is 10.8 Å². The molecule has 1 unspecified atom stereocenters. The van der Waals surface area contributed by atoms with Crippen molar-refractivity contribution < 1.29 is 18.3 Å². The summed E-state index contributed by atoms with van der Waals surface area (Å²) in [6, 6.07) is 11.9. The molecular formula is C32H41N3O4S3. The van der Waals surface area contributed by atoms with E-state index < -0.39 is 27.3 Å². The Balaban J connectivity index is 1.34. The molecule has 0 bridgehead atoms. The van der Waals surface area contributed by atoms with Crippen molar-refractivity contribution in [3.63, 3.8) is 0 Å². The molecule has 2 saturated heterocycles. The maximum atomic E-state index is 13.7. The molecule has 1 amide bonds. The van der Waals surface area contributed by atoms with Crippen LogP contribution in [0.15, 0.2) is 41.3 Å². The number of hydrogen-bond acceptors (Lipinski definition) is 6. The van der Waals surface area contributed by atoms with Crippen molar-refractivity contribution in [2.45, 2.75) is 75.6 Å². The summed E-state index contributed by atoms with van der Waals surface area (Å²) < 4.78 is 28.3. The lowest BCUT2D eigenvalue weighted by Gasteiger charge is -2.51. The van der Waals surface area contributed by atoms with E-state index in [1.165, 1.54) is 43.4 Å². The third-order valence-electron chi connectivity index (χ3n) is 9.24. The third-order valence-corrected chi connectivity index (χ3v) is 13.2. The van der Waals surface area contributed by atoms with E-state index in [0.717, 1.165) is 70.8 Å². The number of aromatic nitrogens is 1. The number of fused-ring (bicyclic) bond motifs is 1. The Hall–Kier alpha value is -1.98. The first-order valence-corrected chi connectivity index (χ1v) is 18.6. The molecule has 42 heavy (non-hydrogen) atoms. The van der Waals surface area contributed by atoms with Gasteiger partial charge in [0.05, 0.1) is 22.1 Å². The Kier molecular flexibility index (Phi) is 8.73. The number of benzene rings is 2. The molecule has 3 heterocycles. The van der Waals surface area contributed by atoms with Crippen LogP contribution >= 0.6 is 11.3 Å². The van der Waals surface area contributed by atoms with Crippen LogP contribution in [-0.2, 0) is 28.2 Å². The highest BCUT2D eigenvalue weighted by molar-refractivity contribution is 7.85. The van der Waals surface area contributed by atoms with E-state index in [-0.39, 0.29) is 17.9 Å². The molecule has 2 aliphatic heterocycles. The van der Waals surface area contributed by atoms with E-state index in [4.69, 9.17) is 4.98 Å². The predicted octanol–water partition coefficient (Wildman–Crippen LogP) is 5.45. The van der Waals surface area contributed by atoms with Gasteiger partial charge in [-0.15, -0.1) is 11.3 Å². The molecule has 3 aliphatic rings. The molecule has 226 valence electrons. The van der Waals surface area contributed by atoms with Gasteiger partial charge in [-0.3, -0.25) is 9.00 Å². The molecule has 1 spiro atoms. The molecule has 2 aromatic carbocycles. The number of rotatable bonds is 8. The molecule has 1 aromatic heterocycles. The van der Waals surface area contributed by atoms with Gasteiger partial charge >= 0.3 is 0 Å². The standard InChI is InChI=1S/C32H41N3O4S3/c1-31(2,21-36)34-42(39)27-13-12-25(23-10-6-7-11-24(23)27)28-26(18-22-8-4-3-5-9-22)33-29(40-28)30(37)35-19-32(20-35)14-16-41(38)17-15-32/h6-7,10-13,22,34,36H,3-5,8-9,14-21H2,1-2H3. The van der Waals surface area contributed by atoms with Crippen LogP contribution in [-0.4, -0.2) is 66.1 Å². The van der Waals surface area contributed by atoms with Gasteiger partial charge in [0.1, 0.15) is 11.0 Å². The molecule has 6 rings (SSSR count). The van der Waals surface area contributed by atoms with Crippen molar-refractivity contribution in [3.8, 4) is 10.4 Å². The fraction of sp³-hybridized carbons (Fsp3) is 0.562. The lowest BCUT2D eigenvalue weighted by atomic mass is 9.75. The van der Waals surface area contributed by atoms with Gasteiger partial charge < -0.3 is 10.0 Å². The summed E-state index contributed by atoms with van der Waals surface area (Å²) in [5.74, 6) is 2.07. The van der Waals surface area contributed by atoms with Crippen molar-refractivity contribution in [1.82, 2.24) is 14.6 Å². The van der Waals surface area contributed by atoms with Gasteiger partial charge in [-0.05, 0) is 55.9 Å². The second-order valence-corrected chi connectivity index (χ2v) is 17.0. The molecule has 3 aromatic rings. The van der Waals surface area contributed by atoms with Gasteiger partial charge in [-0.2, -0.15) is 0 Å². The van der Waals surface area contributed by atoms with Crippen LogP contribution in [0.1, 0.15) is 74.3 Å². The fourth-order valence-corrected chi connectivity index (χ4v) is 10.5. The molecule has 7 nitrogen and oxygen atoms in total. The third kappa shape index (κ3) is 6.15. The van der Waals surface area contributed by atoms with Gasteiger partial charge in [0.25, 0.3) is 5.91 Å². The summed E-state index contributed by atoms with van der Waals surface area (Å²) in [6.07, 6.45) is 8.91. The maximum Gasteiger partial charge on any atom is 0.282 e. The number of carbonyl (C=O) groups is 1. The first-order chi connectivity index (χ1) is 20.2. The molecule has 2 N–H and O–H groups in total. The van der Waals surface area contributed by atoms with Crippen molar-refractivity contribution >= 4 is 49.8 Å². The van der Waals surface area contributed by atoms with Crippen LogP contribution in [0.25, 0.3) is 21.2 Å². The van der Waals surface area contributed by atoms with E-state index >= 15 is 0 Å². The smallest absolute Gasteiger partial charge is 0.282 e. The zero-order valence-electron chi connectivity index (χ0n) is 24.5. The number of likely N-dealkylation sites (tertiary alicyclic amines) is 1. The monoisotopic (exact) mass is 627 g/mol. The number of amides is 1. The van der Waals surface area contributed by atoms with Crippen LogP contribution in [0.2, 0.25) is 0 Å². The summed E-state index contributed by atoms with van der Waals surface area (Å²) >= 11 is 1.49. The zero-order chi connectivity index (χ0) is 29.5. The Morgan fingerprint density at radius 2 is 1.81 bits per heavy atom. The average Bonchev–Trinajstić information content (AvgIpc) is 3.39. The second kappa shape index (κ2) is 12.2. The number of carbonyl (C=O) groups excluding carboxylic acids is 1. The lowest BCUT2D eigenvalue weighted by Crippen LogP contribution is -2.60. The number of aliphatic hydroxyl groups excluding tert-OH is 1. The first kappa shape index (κ1) is 30.1. The lowest BCUT2D eigenvalue weighted by molar-refractivity contribution is 0.000693. The molecule has 1 atom stereocenters. The Bertz CT molecular complexity index is 1510. The first-order valence-electron chi connectivity index (χ1n) is 15.1. The van der Waals surface area contributed by atoms with E-state index in [0.29, 0.717) is 15.8 Å². The van der Waals surface area contributed by atoms with Gasteiger partial charge in [0.2, 0.25) is 0 Å². The van der Waals surface area contributed by atoms with Gasteiger partial charge in [0, 0.05) is 51.9 Å². The highest BCUT2D eigenvalue weighted by atomic mass is 32.2. The molecular weight excluding hydrogens is 587 g/mol. The van der Waals surface area contributed by atoms with Crippen molar-refractivity contribution in [1.29, 1.82) is 0 Å². The quantitative estimate of drug-likeness (QED) is 0.346. The number of thiazole rings is 1. The molecule has 10 heteroatoms. The SMILES string of the molecule is CC(C)(CO)NS(=O)c1ccc(-c2sc(C(=O)N3CC4(CCS(=O)CC4)C3)nc2CC2CCCCC2)c2ccccc12. The predicted molar refractivity (Wildman–Crippen MR) is 171 cm³/mol. The van der Waals surface area contributed by atoms with E-state index in [1.54, 1.807) is 0 Å². The summed E-state index contributed by atoms with van der Waals surface area (Å²) in [5, 5.41) is 12.1. The van der Waals surface area contributed by atoms with Gasteiger partial charge in [-0.25, -0.2) is 13.9 Å². The van der Waals surface area contributed by atoms with Crippen LogP contribution in [0.4, 0.5) is 0 Å². The van der Waals surface area contributed by atoms with Crippen LogP contribution in [0.5, 0.6) is 0 Å². The van der Waals surface area contributed by atoms with Gasteiger partial charge in [-0.1, -0.05) is 62.4 Å². The fourth-order valence-electron chi connectivity index (χ4n) is 6.67. The highest BCUT2D eigenvalue weighted by Crippen LogP contribution is 2.43. The van der Waals surface area contributed by atoms with Crippen molar-refractivity contribution in [3.05, 3.63) is 47.1 Å². The molecule has 0 radical (unpaired) electrons. The summed E-state index contributed by atoms with van der Waals surface area (Å²) in [5.41, 5.74) is 1.46. The topological polar surface area (TPSA) is 99.6 Å². The van der Waals surface area contributed by atoms with Crippen LogP contribution in [0.3, 0.4) is 0 Å². The minimum absolute atomic E-state index is 0.00549. The number of nitrogens with one attached hydrogen (secondary N) is 1. The van der Waals surface area contributed by atoms with Crippen LogP contribution < -0.4 is 4.72 Å². The minimum Gasteiger partial charge on any atom is -0.394 e. The Labute approximate surface area is 257 Å². The summed E-state index contributed by atoms with van der Waals surface area (Å²) in [7, 11) is -2.22. The Morgan fingerprint density at radius 1 is 1.12 bits per heavy atom. The number of hydrogen-bond donors (Lipinski definition) is 2. The summed E-state index contributed by atoms with van der Waals surface area (Å²) in [6.45, 7) is 4.98. The normalized spacial score (nSPS) is 20.6. The minimum atomic E-state index is -1.51. The van der Waals surface area contributed by atoms with Crippen molar-refractivity contribution in [2.75, 3.05) is 31.2 Å². The van der Waals surface area contributed by atoms with Gasteiger partial charge in [0.15, 0.2) is 5.01 Å². The Morgan fingerprint density at radius 3 is 2.50 bits per heavy atom. The zero-order valence-corrected chi connectivity index (χ0v) is 27.0. The number of nitrogens with zero attached hydrogens (tertiary/aromatic N) is 2. The molecule has 1 aliphatic carbocycles. The highest BCUT2D eigenvalue weighted by Gasteiger charge is 2.47. The summed E-state index contributed by atoms with van der Waals surface area (Å²) in [4.78, 5) is 22.4. The number of aliphatic hydroxyl groups is 1.